The average Bonchev–Trinajstić information content (AvgIpc) is 3.47. The summed E-state index contributed by atoms with van der Waals surface area (Å²) < 4.78 is 39.2. The maximum Gasteiger partial charge on any atom is 0.408 e. The number of hydrogen-bond acceptors (Lipinski definition) is 8. The van der Waals surface area contributed by atoms with Crippen LogP contribution in [0.3, 0.4) is 0 Å². The smallest absolute Gasteiger partial charge is 0.408 e. The first-order chi connectivity index (χ1) is 21.7. The Morgan fingerprint density at radius 2 is 1.65 bits per heavy atom. The summed E-state index contributed by atoms with van der Waals surface area (Å²) >= 11 is 1.48. The molecule has 0 bridgehead atoms. The average molecular weight is 649 g/mol. The van der Waals surface area contributed by atoms with E-state index in [1.165, 1.54) is 11.3 Å². The predicted octanol–water partition coefficient (Wildman–Crippen LogP) is 8.58. The number of nitrogens with zero attached hydrogens (tertiary/aromatic N) is 1. The van der Waals surface area contributed by atoms with Crippen molar-refractivity contribution in [2.75, 3.05) is 0 Å². The van der Waals surface area contributed by atoms with Crippen LogP contribution in [0, 0.1) is 5.82 Å². The minimum Gasteiger partial charge on any atom is -0.489 e. The standard InChI is InChI=1S/C36H41FN2O6S/c1-23(39-34(41)45-36(5,6)7)28-12-10-13-29(33(28)37)26-17-24(18-27(19-26)42-22-31-38-15-16-46-31)21-43-30-14-9-8-11-25(30)20-32(40)44-35(2,3)4/h8-19,23H,20-22H2,1-7H3,(H,39,41)/t23-/m1/s1. The number of carbonyl (C=O) groups is 2. The van der Waals surface area contributed by atoms with E-state index in [2.05, 4.69) is 10.3 Å². The van der Waals surface area contributed by atoms with Crippen LogP contribution in [-0.4, -0.2) is 28.2 Å². The first-order valence-corrected chi connectivity index (χ1v) is 15.9. The first-order valence-electron chi connectivity index (χ1n) is 15.0. The van der Waals surface area contributed by atoms with E-state index in [4.69, 9.17) is 18.9 Å². The molecule has 10 heteroatoms. The normalized spacial score (nSPS) is 12.3. The number of alkyl carbamates (subject to hydrolysis) is 1. The van der Waals surface area contributed by atoms with Gasteiger partial charge in [-0.15, -0.1) is 11.3 Å². The molecule has 1 N–H and O–H groups in total. The Labute approximate surface area is 273 Å². The van der Waals surface area contributed by atoms with Crippen LogP contribution in [0.1, 0.15) is 76.2 Å². The van der Waals surface area contributed by atoms with Crippen molar-refractivity contribution in [3.8, 4) is 22.6 Å². The van der Waals surface area contributed by atoms with Crippen molar-refractivity contribution in [3.05, 3.63) is 99.8 Å². The summed E-state index contributed by atoms with van der Waals surface area (Å²) in [6.07, 6.45) is 1.14. The Bertz CT molecular complexity index is 1640. The third-order valence-electron chi connectivity index (χ3n) is 6.47. The van der Waals surface area contributed by atoms with Crippen molar-refractivity contribution >= 4 is 23.4 Å². The highest BCUT2D eigenvalue weighted by Gasteiger charge is 2.22. The maximum atomic E-state index is 16.1. The topological polar surface area (TPSA) is 96.0 Å². The number of carbonyl (C=O) groups excluding carboxylic acids is 2. The molecule has 0 spiro atoms. The van der Waals surface area contributed by atoms with Crippen molar-refractivity contribution < 1.29 is 32.9 Å². The molecule has 0 unspecified atom stereocenters. The number of aromatic nitrogens is 1. The van der Waals surface area contributed by atoms with Gasteiger partial charge in [0.2, 0.25) is 0 Å². The SMILES string of the molecule is C[C@@H](NC(=O)OC(C)(C)C)c1cccc(-c2cc(COc3ccccc3CC(=O)OC(C)(C)C)cc(OCc3nccs3)c2)c1F. The third kappa shape index (κ3) is 10.3. The molecule has 0 saturated heterocycles. The van der Waals surface area contributed by atoms with Crippen LogP contribution in [0.15, 0.2) is 72.2 Å². The highest BCUT2D eigenvalue weighted by molar-refractivity contribution is 7.09. The second-order valence-corrected chi connectivity index (χ2v) is 13.8. The van der Waals surface area contributed by atoms with Crippen LogP contribution in [-0.2, 0) is 33.9 Å². The molecule has 0 saturated carbocycles. The number of amides is 1. The van der Waals surface area contributed by atoms with Gasteiger partial charge in [-0.3, -0.25) is 4.79 Å². The molecule has 8 nitrogen and oxygen atoms in total. The van der Waals surface area contributed by atoms with Gasteiger partial charge in [0.05, 0.1) is 12.5 Å². The Kier molecular flexibility index (Phi) is 11.1. The molecule has 4 aromatic rings. The fourth-order valence-corrected chi connectivity index (χ4v) is 5.13. The van der Waals surface area contributed by atoms with Gasteiger partial charge in [0.1, 0.15) is 46.7 Å². The lowest BCUT2D eigenvalue weighted by Crippen LogP contribution is -2.34. The van der Waals surface area contributed by atoms with Gasteiger partial charge in [0, 0.05) is 28.3 Å². The van der Waals surface area contributed by atoms with Gasteiger partial charge in [-0.25, -0.2) is 14.2 Å². The molecule has 0 aliphatic heterocycles. The van der Waals surface area contributed by atoms with Crippen molar-refractivity contribution in [2.45, 2.75) is 85.3 Å². The Balaban J connectivity index is 1.61. The zero-order chi connectivity index (χ0) is 33.5. The van der Waals surface area contributed by atoms with E-state index in [-0.39, 0.29) is 25.6 Å². The summed E-state index contributed by atoms with van der Waals surface area (Å²) in [6, 6.07) is 17.1. The van der Waals surface area contributed by atoms with Gasteiger partial charge in [0.15, 0.2) is 0 Å². The van der Waals surface area contributed by atoms with E-state index in [1.54, 1.807) is 64.2 Å². The molecular formula is C36H41FN2O6S. The van der Waals surface area contributed by atoms with Crippen LogP contribution in [0.2, 0.25) is 0 Å². The molecule has 1 amide bonds. The molecule has 46 heavy (non-hydrogen) atoms. The van der Waals surface area contributed by atoms with E-state index in [1.807, 2.05) is 56.5 Å². The Morgan fingerprint density at radius 1 is 0.913 bits per heavy atom. The lowest BCUT2D eigenvalue weighted by molar-refractivity contribution is -0.153. The third-order valence-corrected chi connectivity index (χ3v) is 7.23. The minimum absolute atomic E-state index is 0.0587. The summed E-state index contributed by atoms with van der Waals surface area (Å²) in [5.74, 6) is 0.226. The van der Waals surface area contributed by atoms with Gasteiger partial charge in [0.25, 0.3) is 0 Å². The summed E-state index contributed by atoms with van der Waals surface area (Å²) in [7, 11) is 0. The summed E-state index contributed by atoms with van der Waals surface area (Å²) in [5.41, 5.74) is 1.35. The van der Waals surface area contributed by atoms with Crippen LogP contribution in [0.25, 0.3) is 11.1 Å². The molecule has 0 radical (unpaired) electrons. The monoisotopic (exact) mass is 648 g/mol. The summed E-state index contributed by atoms with van der Waals surface area (Å²) in [4.78, 5) is 29.2. The zero-order valence-corrected chi connectivity index (χ0v) is 28.1. The molecule has 244 valence electrons. The van der Waals surface area contributed by atoms with Crippen LogP contribution in [0.4, 0.5) is 9.18 Å². The number of esters is 1. The molecule has 4 rings (SSSR count). The zero-order valence-electron chi connectivity index (χ0n) is 27.3. The molecule has 1 atom stereocenters. The molecule has 3 aromatic carbocycles. The number of hydrogen-bond donors (Lipinski definition) is 1. The Morgan fingerprint density at radius 3 is 2.35 bits per heavy atom. The number of thiazole rings is 1. The molecule has 0 aliphatic carbocycles. The number of ether oxygens (including phenoxy) is 4. The quantitative estimate of drug-likeness (QED) is 0.163. The molecular weight excluding hydrogens is 607 g/mol. The van der Waals surface area contributed by atoms with Gasteiger partial charge < -0.3 is 24.3 Å². The number of nitrogens with one attached hydrogen (secondary N) is 1. The lowest BCUT2D eigenvalue weighted by Gasteiger charge is -2.22. The fourth-order valence-electron chi connectivity index (χ4n) is 4.61. The fraction of sp³-hybridized carbons (Fsp3) is 0.361. The lowest BCUT2D eigenvalue weighted by atomic mass is 9.97. The highest BCUT2D eigenvalue weighted by Crippen LogP contribution is 2.33. The van der Waals surface area contributed by atoms with Crippen LogP contribution < -0.4 is 14.8 Å². The van der Waals surface area contributed by atoms with Gasteiger partial charge in [-0.2, -0.15) is 0 Å². The number of rotatable bonds is 11. The predicted molar refractivity (Wildman–Crippen MR) is 176 cm³/mol. The van der Waals surface area contributed by atoms with E-state index in [9.17, 15) is 9.59 Å². The van der Waals surface area contributed by atoms with Gasteiger partial charge in [-0.05, 0) is 83.9 Å². The molecule has 1 heterocycles. The highest BCUT2D eigenvalue weighted by atomic mass is 32.1. The van der Waals surface area contributed by atoms with Crippen LogP contribution in [0.5, 0.6) is 11.5 Å². The van der Waals surface area contributed by atoms with E-state index >= 15 is 4.39 Å². The molecule has 0 aliphatic rings. The van der Waals surface area contributed by atoms with E-state index < -0.39 is 29.2 Å². The second-order valence-electron chi connectivity index (χ2n) is 12.8. The number of benzene rings is 3. The van der Waals surface area contributed by atoms with Crippen molar-refractivity contribution in [1.82, 2.24) is 10.3 Å². The van der Waals surface area contributed by atoms with Gasteiger partial charge >= 0.3 is 12.1 Å². The maximum absolute atomic E-state index is 16.1. The molecule has 0 fully saturated rings. The van der Waals surface area contributed by atoms with Crippen LogP contribution >= 0.6 is 11.3 Å². The largest absolute Gasteiger partial charge is 0.489 e. The van der Waals surface area contributed by atoms with Gasteiger partial charge in [-0.1, -0.05) is 36.4 Å². The first kappa shape index (κ1) is 34.4. The van der Waals surface area contributed by atoms with E-state index in [0.717, 1.165) is 10.6 Å². The summed E-state index contributed by atoms with van der Waals surface area (Å²) in [6.45, 7) is 12.9. The number of halogens is 1. The minimum atomic E-state index is -0.683. The summed E-state index contributed by atoms with van der Waals surface area (Å²) in [5, 5.41) is 5.39. The molecule has 1 aromatic heterocycles. The van der Waals surface area contributed by atoms with E-state index in [0.29, 0.717) is 33.8 Å². The van der Waals surface area contributed by atoms with Crippen molar-refractivity contribution in [2.24, 2.45) is 0 Å². The van der Waals surface area contributed by atoms with Crippen molar-refractivity contribution in [1.29, 1.82) is 0 Å². The van der Waals surface area contributed by atoms with Crippen molar-refractivity contribution in [3.63, 3.8) is 0 Å². The number of para-hydroxylation sites is 1. The second kappa shape index (κ2) is 14.8. The Hall–Kier alpha value is -4.44.